The summed E-state index contributed by atoms with van der Waals surface area (Å²) in [7, 11) is -3.73. The van der Waals surface area contributed by atoms with Gasteiger partial charge in [0, 0.05) is 39.0 Å². The summed E-state index contributed by atoms with van der Waals surface area (Å²) < 4.78 is 66.8. The molecule has 1 amide bonds. The number of aliphatic hydroxyl groups is 2. The van der Waals surface area contributed by atoms with Gasteiger partial charge in [-0.25, -0.2) is 26.3 Å². The van der Waals surface area contributed by atoms with Crippen molar-refractivity contribution >= 4 is 16.1 Å². The van der Waals surface area contributed by atoms with Gasteiger partial charge in [-0.05, 0) is 56.2 Å². The number of likely N-dealkylation sites (tertiary alicyclic amines) is 1. The molecule has 1 atom stereocenters. The molecule has 0 unspecified atom stereocenters. The highest BCUT2D eigenvalue weighted by Gasteiger charge is 2.43. The van der Waals surface area contributed by atoms with Crippen LogP contribution in [-0.2, 0) is 14.8 Å². The Labute approximate surface area is 210 Å². The molecule has 12 heteroatoms. The van der Waals surface area contributed by atoms with Crippen molar-refractivity contribution in [2.75, 3.05) is 38.5 Å². The summed E-state index contributed by atoms with van der Waals surface area (Å²) in [5.74, 6) is -2.85. The average molecular weight is 533 g/mol. The summed E-state index contributed by atoms with van der Waals surface area (Å²) in [6.07, 6.45) is 1.20. The maximum Gasteiger partial charge on any atom is 0.410 e. The number of carbonyl (C=O) groups is 1. The molecule has 0 aromatic heterocycles. The van der Waals surface area contributed by atoms with Gasteiger partial charge in [-0.3, -0.25) is 0 Å². The van der Waals surface area contributed by atoms with Gasteiger partial charge in [0.1, 0.15) is 11.7 Å². The number of amides is 1. The average Bonchev–Trinajstić information content (AvgIpc) is 3.57. The molecule has 1 aromatic carbocycles. The summed E-state index contributed by atoms with van der Waals surface area (Å²) in [5.41, 5.74) is 0.0852. The molecule has 3 aliphatic rings. The Kier molecular flexibility index (Phi) is 8.08. The van der Waals surface area contributed by atoms with Crippen LogP contribution in [0.3, 0.4) is 0 Å². The number of hydrogen-bond acceptors (Lipinski definition) is 7. The van der Waals surface area contributed by atoms with E-state index in [0.717, 1.165) is 12.8 Å². The fourth-order valence-electron chi connectivity index (χ4n) is 4.67. The molecular weight excluding hydrogens is 498 g/mol. The first kappa shape index (κ1) is 27.0. The van der Waals surface area contributed by atoms with Crippen molar-refractivity contribution in [1.82, 2.24) is 9.21 Å². The molecule has 4 rings (SSSR count). The first-order valence-electron chi connectivity index (χ1n) is 12.4. The fraction of sp³-hybridized carbons (Fsp3) is 0.708. The molecule has 36 heavy (non-hydrogen) atoms. The van der Waals surface area contributed by atoms with Crippen molar-refractivity contribution in [3.8, 4) is 5.75 Å². The van der Waals surface area contributed by atoms with Gasteiger partial charge in [-0.1, -0.05) is 0 Å². The molecule has 1 aliphatic carbocycles. The first-order valence-corrected chi connectivity index (χ1v) is 14.0. The van der Waals surface area contributed by atoms with Crippen molar-refractivity contribution in [3.05, 3.63) is 29.3 Å². The summed E-state index contributed by atoms with van der Waals surface area (Å²) >= 11 is 0. The van der Waals surface area contributed by atoms with Gasteiger partial charge in [0.25, 0.3) is 0 Å². The van der Waals surface area contributed by atoms with E-state index in [1.807, 2.05) is 6.92 Å². The molecule has 1 saturated carbocycles. The van der Waals surface area contributed by atoms with Crippen LogP contribution < -0.4 is 4.74 Å². The molecule has 2 heterocycles. The quantitative estimate of drug-likeness (QED) is 0.528. The molecule has 2 saturated heterocycles. The molecule has 0 spiro atoms. The number of ether oxygens (including phenoxy) is 2. The summed E-state index contributed by atoms with van der Waals surface area (Å²) in [6, 6.07) is 2.48. The van der Waals surface area contributed by atoms with Crippen molar-refractivity contribution in [1.29, 1.82) is 0 Å². The maximum absolute atomic E-state index is 14.9. The van der Waals surface area contributed by atoms with Crippen molar-refractivity contribution < 1.29 is 41.7 Å². The molecule has 0 bridgehead atoms. The minimum atomic E-state index is -3.73. The van der Waals surface area contributed by atoms with E-state index in [2.05, 4.69) is 0 Å². The van der Waals surface area contributed by atoms with Gasteiger partial charge < -0.3 is 24.6 Å². The number of halogens is 2. The van der Waals surface area contributed by atoms with Crippen LogP contribution in [-0.4, -0.2) is 90.3 Å². The molecule has 1 aromatic rings. The topological polar surface area (TPSA) is 117 Å². The first-order chi connectivity index (χ1) is 17.0. The number of sulfonamides is 1. The molecule has 2 aliphatic heterocycles. The summed E-state index contributed by atoms with van der Waals surface area (Å²) in [4.78, 5) is 13.8. The van der Waals surface area contributed by atoms with Gasteiger partial charge >= 0.3 is 6.09 Å². The molecule has 0 radical (unpaired) electrons. The number of nitrogens with zero attached hydrogens (tertiary/aromatic N) is 2. The standard InChI is InChI=1S/C24H34F2N2O7S/c1-24(6-7-24)35-23(31)27-8-4-19(5-9-27)34-22-20(25)12-17(13-21(22)26)16-2-10-28(11-3-16)36(32,33)15-18(30)14-29/h12-13,16,18-19,29-30H,2-11,14-15H2,1H3/t18-/m1/s1. The number of benzene rings is 1. The van der Waals surface area contributed by atoms with E-state index < -0.39 is 52.0 Å². The predicted octanol–water partition coefficient (Wildman–Crippen LogP) is 2.36. The van der Waals surface area contributed by atoms with Crippen LogP contribution in [0.4, 0.5) is 13.6 Å². The third-order valence-corrected chi connectivity index (χ3v) is 9.18. The van der Waals surface area contributed by atoms with E-state index in [4.69, 9.17) is 14.6 Å². The lowest BCUT2D eigenvalue weighted by Crippen LogP contribution is -2.43. The molecule has 202 valence electrons. The third-order valence-electron chi connectivity index (χ3n) is 7.23. The normalized spacial score (nSPS) is 22.3. The van der Waals surface area contributed by atoms with Gasteiger partial charge in [0.2, 0.25) is 10.0 Å². The number of aliphatic hydroxyl groups excluding tert-OH is 2. The van der Waals surface area contributed by atoms with Crippen molar-refractivity contribution in [3.63, 3.8) is 0 Å². The minimum Gasteiger partial charge on any atom is -0.484 e. The number of carbonyl (C=O) groups excluding carboxylic acids is 1. The van der Waals surface area contributed by atoms with Crippen LogP contribution in [0.2, 0.25) is 0 Å². The van der Waals surface area contributed by atoms with E-state index in [9.17, 15) is 27.1 Å². The predicted molar refractivity (Wildman–Crippen MR) is 126 cm³/mol. The van der Waals surface area contributed by atoms with Crippen molar-refractivity contribution in [2.45, 2.75) is 69.2 Å². The summed E-state index contributed by atoms with van der Waals surface area (Å²) in [5, 5.41) is 18.4. The Morgan fingerprint density at radius 3 is 2.22 bits per heavy atom. The van der Waals surface area contributed by atoms with Crippen LogP contribution in [0.25, 0.3) is 0 Å². The lowest BCUT2D eigenvalue weighted by molar-refractivity contribution is 0.0374. The van der Waals surface area contributed by atoms with Crippen molar-refractivity contribution in [2.24, 2.45) is 0 Å². The largest absolute Gasteiger partial charge is 0.484 e. The highest BCUT2D eigenvalue weighted by molar-refractivity contribution is 7.89. The molecule has 3 fully saturated rings. The molecular formula is C24H34F2N2O7S. The molecule has 9 nitrogen and oxygen atoms in total. The Balaban J connectivity index is 1.30. The van der Waals surface area contributed by atoms with Crippen LogP contribution >= 0.6 is 0 Å². The zero-order chi connectivity index (χ0) is 26.1. The van der Waals surface area contributed by atoms with Crippen LogP contribution in [0.15, 0.2) is 12.1 Å². The smallest absolute Gasteiger partial charge is 0.410 e. The number of rotatable bonds is 8. The van der Waals surface area contributed by atoms with E-state index in [1.165, 1.54) is 16.4 Å². The molecule has 2 N–H and O–H groups in total. The minimum absolute atomic E-state index is 0.160. The van der Waals surface area contributed by atoms with Crippen LogP contribution in [0.1, 0.15) is 56.9 Å². The van der Waals surface area contributed by atoms with E-state index in [-0.39, 0.29) is 30.7 Å². The lowest BCUT2D eigenvalue weighted by Gasteiger charge is -2.33. The van der Waals surface area contributed by atoms with Gasteiger partial charge in [0.15, 0.2) is 17.4 Å². The van der Waals surface area contributed by atoms with E-state index in [0.29, 0.717) is 44.3 Å². The number of hydrogen-bond donors (Lipinski definition) is 2. The Morgan fingerprint density at radius 1 is 1.11 bits per heavy atom. The second-order valence-corrected chi connectivity index (χ2v) is 12.2. The maximum atomic E-state index is 14.9. The van der Waals surface area contributed by atoms with Crippen LogP contribution in [0, 0.1) is 11.6 Å². The second kappa shape index (κ2) is 10.8. The summed E-state index contributed by atoms with van der Waals surface area (Å²) in [6.45, 7) is 2.34. The Morgan fingerprint density at radius 2 is 1.69 bits per heavy atom. The SMILES string of the molecule is CC1(OC(=O)N2CCC(Oc3c(F)cc(C4CCN(S(=O)(=O)C[C@H](O)CO)CC4)cc3F)CC2)CC1. The monoisotopic (exact) mass is 532 g/mol. The van der Waals surface area contributed by atoms with Gasteiger partial charge in [-0.2, -0.15) is 0 Å². The van der Waals surface area contributed by atoms with Crippen LogP contribution in [0.5, 0.6) is 5.75 Å². The third kappa shape index (κ3) is 6.45. The Hall–Kier alpha value is -2.02. The highest BCUT2D eigenvalue weighted by atomic mass is 32.2. The fourth-order valence-corrected chi connectivity index (χ4v) is 6.24. The highest BCUT2D eigenvalue weighted by Crippen LogP contribution is 2.39. The van der Waals surface area contributed by atoms with E-state index >= 15 is 0 Å². The second-order valence-electron chi connectivity index (χ2n) is 10.2. The zero-order valence-corrected chi connectivity index (χ0v) is 21.2. The number of piperidine rings is 2. The zero-order valence-electron chi connectivity index (χ0n) is 20.4. The lowest BCUT2D eigenvalue weighted by atomic mass is 9.90. The van der Waals surface area contributed by atoms with E-state index in [1.54, 1.807) is 4.90 Å². The Bertz CT molecular complexity index is 1030. The van der Waals surface area contributed by atoms with Gasteiger partial charge in [-0.15, -0.1) is 0 Å². The van der Waals surface area contributed by atoms with Gasteiger partial charge in [0.05, 0.1) is 18.5 Å².